The first-order chi connectivity index (χ1) is 12.6. The Morgan fingerprint density at radius 2 is 1.65 bits per heavy atom. The maximum atomic E-state index is 12.6. The Morgan fingerprint density at radius 3 is 2.38 bits per heavy atom. The van der Waals surface area contributed by atoms with Crippen molar-refractivity contribution < 1.29 is 14.3 Å². The van der Waals surface area contributed by atoms with Crippen molar-refractivity contribution in [2.75, 3.05) is 69.3 Å². The monoisotopic (exact) mass is 358 g/mol. The third-order valence-corrected chi connectivity index (χ3v) is 5.60. The maximum Gasteiger partial charge on any atom is 0.320 e. The summed E-state index contributed by atoms with van der Waals surface area (Å²) < 4.78 is 5.33. The summed E-state index contributed by atoms with van der Waals surface area (Å²) in [6.07, 6.45) is 1.39. The largest absolute Gasteiger partial charge is 0.378 e. The summed E-state index contributed by atoms with van der Waals surface area (Å²) in [7, 11) is 1.84. The van der Waals surface area contributed by atoms with Gasteiger partial charge in [0.2, 0.25) is 5.91 Å². The number of hydrogen-bond acceptors (Lipinski definition) is 4. The first-order valence-corrected chi connectivity index (χ1v) is 9.39. The number of morpholine rings is 1. The van der Waals surface area contributed by atoms with E-state index in [0.29, 0.717) is 32.7 Å². The predicted octanol–water partition coefficient (Wildman–Crippen LogP) is 1.17. The van der Waals surface area contributed by atoms with Gasteiger partial charge in [-0.3, -0.25) is 4.79 Å². The molecule has 26 heavy (non-hydrogen) atoms. The second-order valence-electron chi connectivity index (χ2n) is 7.12. The number of carbonyl (C=O) groups excluding carboxylic acids is 2. The zero-order valence-corrected chi connectivity index (χ0v) is 15.3. The van der Waals surface area contributed by atoms with E-state index < -0.39 is 0 Å². The number of piperazine rings is 1. The van der Waals surface area contributed by atoms with Gasteiger partial charge in [0.1, 0.15) is 0 Å². The van der Waals surface area contributed by atoms with Crippen molar-refractivity contribution in [3.8, 4) is 0 Å². The first kappa shape index (κ1) is 17.1. The van der Waals surface area contributed by atoms with Crippen molar-refractivity contribution in [2.45, 2.75) is 12.8 Å². The minimum atomic E-state index is 0.138. The number of ether oxygens (including phenoxy) is 1. The standard InChI is InChI=1S/C19H26N4O3/c1-20-17-4-3-16(14-15(17)2-5-18(20)24)21-6-8-22(9-7-21)19(25)23-10-12-26-13-11-23/h3-4,14H,2,5-13H2,1H3. The van der Waals surface area contributed by atoms with E-state index in [1.807, 2.05) is 22.9 Å². The van der Waals surface area contributed by atoms with Crippen LogP contribution in [-0.2, 0) is 16.0 Å². The number of rotatable bonds is 1. The van der Waals surface area contributed by atoms with Crippen molar-refractivity contribution >= 4 is 23.3 Å². The number of benzene rings is 1. The van der Waals surface area contributed by atoms with Crippen LogP contribution >= 0.6 is 0 Å². The lowest BCUT2D eigenvalue weighted by atomic mass is 10.0. The summed E-state index contributed by atoms with van der Waals surface area (Å²) in [6, 6.07) is 6.48. The summed E-state index contributed by atoms with van der Waals surface area (Å²) in [5.74, 6) is 0.181. The van der Waals surface area contributed by atoms with E-state index >= 15 is 0 Å². The fraction of sp³-hybridized carbons (Fsp3) is 0.579. The number of urea groups is 1. The van der Waals surface area contributed by atoms with Crippen LogP contribution in [0.4, 0.5) is 16.2 Å². The van der Waals surface area contributed by atoms with Crippen LogP contribution in [0.15, 0.2) is 18.2 Å². The van der Waals surface area contributed by atoms with Crippen LogP contribution in [0.25, 0.3) is 0 Å². The van der Waals surface area contributed by atoms with E-state index in [2.05, 4.69) is 17.0 Å². The molecular formula is C19H26N4O3. The third kappa shape index (κ3) is 3.23. The summed E-state index contributed by atoms with van der Waals surface area (Å²) >= 11 is 0. The Morgan fingerprint density at radius 1 is 0.962 bits per heavy atom. The Hall–Kier alpha value is -2.28. The van der Waals surface area contributed by atoms with Gasteiger partial charge in [0.15, 0.2) is 0 Å². The fourth-order valence-electron chi connectivity index (χ4n) is 3.95. The van der Waals surface area contributed by atoms with Crippen LogP contribution in [0.2, 0.25) is 0 Å². The Balaban J connectivity index is 1.39. The van der Waals surface area contributed by atoms with E-state index in [4.69, 9.17) is 4.74 Å². The van der Waals surface area contributed by atoms with Crippen LogP contribution in [0.1, 0.15) is 12.0 Å². The van der Waals surface area contributed by atoms with Crippen LogP contribution in [0.5, 0.6) is 0 Å². The molecule has 0 atom stereocenters. The second kappa shape index (κ2) is 7.15. The SMILES string of the molecule is CN1C(=O)CCc2cc(N3CCN(C(=O)N4CCOCC4)CC3)ccc21. The number of carbonyl (C=O) groups is 2. The molecule has 0 N–H and O–H groups in total. The molecule has 0 bridgehead atoms. The molecule has 0 unspecified atom stereocenters. The molecule has 3 heterocycles. The highest BCUT2D eigenvalue weighted by atomic mass is 16.5. The van der Waals surface area contributed by atoms with Crippen LogP contribution < -0.4 is 9.80 Å². The molecule has 0 aromatic heterocycles. The van der Waals surface area contributed by atoms with Gasteiger partial charge >= 0.3 is 6.03 Å². The molecule has 2 fully saturated rings. The second-order valence-corrected chi connectivity index (χ2v) is 7.12. The number of nitrogens with zero attached hydrogens (tertiary/aromatic N) is 4. The van der Waals surface area contributed by atoms with E-state index in [0.717, 1.165) is 38.3 Å². The Bertz CT molecular complexity index is 694. The summed E-state index contributed by atoms with van der Waals surface area (Å²) in [5.41, 5.74) is 3.44. The number of fused-ring (bicyclic) bond motifs is 1. The molecule has 140 valence electrons. The molecule has 0 radical (unpaired) electrons. The molecule has 3 amide bonds. The Labute approximate surface area is 154 Å². The molecule has 0 aliphatic carbocycles. The highest BCUT2D eigenvalue weighted by Gasteiger charge is 2.27. The minimum Gasteiger partial charge on any atom is -0.378 e. The lowest BCUT2D eigenvalue weighted by Gasteiger charge is -2.39. The van der Waals surface area contributed by atoms with E-state index in [9.17, 15) is 9.59 Å². The molecule has 2 saturated heterocycles. The highest BCUT2D eigenvalue weighted by molar-refractivity contribution is 5.96. The van der Waals surface area contributed by atoms with Gasteiger partial charge in [0, 0.05) is 64.1 Å². The Kier molecular flexibility index (Phi) is 4.72. The fourth-order valence-corrected chi connectivity index (χ4v) is 3.95. The number of anilines is 2. The first-order valence-electron chi connectivity index (χ1n) is 9.39. The summed E-state index contributed by atoms with van der Waals surface area (Å²) in [6.45, 7) is 5.81. The predicted molar refractivity (Wildman–Crippen MR) is 99.7 cm³/mol. The molecule has 1 aromatic rings. The van der Waals surface area contributed by atoms with Crippen molar-refractivity contribution in [3.05, 3.63) is 23.8 Å². The average Bonchev–Trinajstić information content (AvgIpc) is 2.71. The van der Waals surface area contributed by atoms with Gasteiger partial charge in [0.25, 0.3) is 0 Å². The molecule has 3 aliphatic rings. The van der Waals surface area contributed by atoms with Crippen LogP contribution in [0, 0.1) is 0 Å². The quantitative estimate of drug-likeness (QED) is 0.756. The van der Waals surface area contributed by atoms with Crippen molar-refractivity contribution in [1.29, 1.82) is 0 Å². The van der Waals surface area contributed by atoms with Crippen molar-refractivity contribution in [3.63, 3.8) is 0 Å². The molecule has 7 nitrogen and oxygen atoms in total. The molecule has 0 saturated carbocycles. The lowest BCUT2D eigenvalue weighted by molar-refractivity contribution is -0.118. The summed E-state index contributed by atoms with van der Waals surface area (Å²) in [5, 5.41) is 0. The lowest BCUT2D eigenvalue weighted by Crippen LogP contribution is -2.54. The molecule has 1 aromatic carbocycles. The third-order valence-electron chi connectivity index (χ3n) is 5.60. The van der Waals surface area contributed by atoms with Gasteiger partial charge in [-0.05, 0) is 30.2 Å². The highest BCUT2D eigenvalue weighted by Crippen LogP contribution is 2.31. The average molecular weight is 358 g/mol. The van der Waals surface area contributed by atoms with Crippen LogP contribution in [0.3, 0.4) is 0 Å². The van der Waals surface area contributed by atoms with Crippen molar-refractivity contribution in [1.82, 2.24) is 9.80 Å². The number of aryl methyl sites for hydroxylation is 1. The smallest absolute Gasteiger partial charge is 0.320 e. The van der Waals surface area contributed by atoms with Gasteiger partial charge in [-0.2, -0.15) is 0 Å². The van der Waals surface area contributed by atoms with Gasteiger partial charge in [-0.1, -0.05) is 0 Å². The van der Waals surface area contributed by atoms with Gasteiger partial charge < -0.3 is 24.3 Å². The molecular weight excluding hydrogens is 332 g/mol. The van der Waals surface area contributed by atoms with Gasteiger partial charge in [0.05, 0.1) is 13.2 Å². The van der Waals surface area contributed by atoms with E-state index in [1.54, 1.807) is 4.90 Å². The number of amides is 3. The van der Waals surface area contributed by atoms with E-state index in [1.165, 1.54) is 11.3 Å². The molecule has 4 rings (SSSR count). The normalized spacial score (nSPS) is 21.0. The number of hydrogen-bond donors (Lipinski definition) is 0. The topological polar surface area (TPSA) is 56.3 Å². The van der Waals surface area contributed by atoms with E-state index in [-0.39, 0.29) is 11.9 Å². The molecule has 3 aliphatic heterocycles. The van der Waals surface area contributed by atoms with Gasteiger partial charge in [-0.25, -0.2) is 4.79 Å². The minimum absolute atomic E-state index is 0.138. The van der Waals surface area contributed by atoms with Gasteiger partial charge in [-0.15, -0.1) is 0 Å². The zero-order valence-electron chi connectivity index (χ0n) is 15.3. The summed E-state index contributed by atoms with van der Waals surface area (Å²) in [4.78, 5) is 32.4. The molecule has 0 spiro atoms. The molecule has 7 heteroatoms. The maximum absolute atomic E-state index is 12.6. The van der Waals surface area contributed by atoms with Crippen molar-refractivity contribution in [2.24, 2.45) is 0 Å². The van der Waals surface area contributed by atoms with Crippen LogP contribution in [-0.4, -0.2) is 81.3 Å². The zero-order chi connectivity index (χ0) is 18.1.